The summed E-state index contributed by atoms with van der Waals surface area (Å²) in [6.45, 7) is 24.8. The topological polar surface area (TPSA) is 0 Å². The maximum absolute atomic E-state index is 2.60. The van der Waals surface area contributed by atoms with Gasteiger partial charge in [0.25, 0.3) is 0 Å². The molecule has 1 aliphatic rings. The van der Waals surface area contributed by atoms with Crippen molar-refractivity contribution in [2.24, 2.45) is 45.8 Å². The highest BCUT2D eigenvalue weighted by Crippen LogP contribution is 2.61. The second-order valence-corrected chi connectivity index (χ2v) is 11.7. The quantitative estimate of drug-likeness (QED) is 0.340. The minimum Gasteiger partial charge on any atom is -0.0861 e. The highest BCUT2D eigenvalue weighted by molar-refractivity contribution is 14.1. The predicted octanol–water partition coefficient (Wildman–Crippen LogP) is 7.06. The van der Waals surface area contributed by atoms with Crippen LogP contribution in [0.25, 0.3) is 0 Å². The van der Waals surface area contributed by atoms with Crippen molar-refractivity contribution in [1.82, 2.24) is 0 Å². The number of halogens is 1. The molecule has 5 unspecified atom stereocenters. The number of hydrogen-bond acceptors (Lipinski definition) is 0. The Morgan fingerprint density at radius 3 is 1.52 bits per heavy atom. The molecule has 0 heterocycles. The fraction of sp³-hybridized carbons (Fsp3) is 1.00. The molecule has 0 aliphatic heterocycles. The Morgan fingerprint density at radius 2 is 1.24 bits per heavy atom. The van der Waals surface area contributed by atoms with E-state index in [4.69, 9.17) is 0 Å². The van der Waals surface area contributed by atoms with E-state index in [9.17, 15) is 0 Å². The number of alkyl halides is 1. The van der Waals surface area contributed by atoms with Crippen molar-refractivity contribution in [2.45, 2.75) is 75.7 Å². The smallest absolute Gasteiger partial charge is 0.00238 e. The standard InChI is InChI=1S/C20H39I/c1-13(12-21)14-11-15(18(2,3)4)17(20(8,9)10)16(14)19(5,6)7/h13-17H,11-12H2,1-10H3. The van der Waals surface area contributed by atoms with Crippen LogP contribution in [0.4, 0.5) is 0 Å². The third-order valence-corrected chi connectivity index (χ3v) is 7.28. The van der Waals surface area contributed by atoms with Gasteiger partial charge in [0.05, 0.1) is 0 Å². The average molecular weight is 406 g/mol. The van der Waals surface area contributed by atoms with Gasteiger partial charge in [0.2, 0.25) is 0 Å². The summed E-state index contributed by atoms with van der Waals surface area (Å²) < 4.78 is 1.29. The monoisotopic (exact) mass is 406 g/mol. The molecule has 0 saturated heterocycles. The van der Waals surface area contributed by atoms with Crippen LogP contribution in [0, 0.1) is 45.8 Å². The summed E-state index contributed by atoms with van der Waals surface area (Å²) in [6.07, 6.45) is 1.43. The van der Waals surface area contributed by atoms with Crippen LogP contribution >= 0.6 is 22.6 Å². The zero-order valence-electron chi connectivity index (χ0n) is 16.2. The van der Waals surface area contributed by atoms with Crippen LogP contribution in [-0.4, -0.2) is 4.43 Å². The molecule has 1 heteroatoms. The van der Waals surface area contributed by atoms with Crippen molar-refractivity contribution in [3.8, 4) is 0 Å². The van der Waals surface area contributed by atoms with Crippen molar-refractivity contribution in [3.05, 3.63) is 0 Å². The van der Waals surface area contributed by atoms with Gasteiger partial charge in [-0.15, -0.1) is 0 Å². The first-order chi connectivity index (χ1) is 9.21. The van der Waals surface area contributed by atoms with E-state index in [-0.39, 0.29) is 0 Å². The van der Waals surface area contributed by atoms with E-state index in [1.807, 2.05) is 0 Å². The lowest BCUT2D eigenvalue weighted by molar-refractivity contribution is 0.0154. The van der Waals surface area contributed by atoms with Crippen molar-refractivity contribution in [1.29, 1.82) is 0 Å². The first kappa shape index (κ1) is 19.8. The van der Waals surface area contributed by atoms with Gasteiger partial charge in [-0.1, -0.05) is 91.8 Å². The summed E-state index contributed by atoms with van der Waals surface area (Å²) in [5.41, 5.74) is 1.22. The second-order valence-electron chi connectivity index (χ2n) is 10.8. The van der Waals surface area contributed by atoms with Crippen LogP contribution in [0.5, 0.6) is 0 Å². The van der Waals surface area contributed by atoms with Crippen molar-refractivity contribution < 1.29 is 0 Å². The van der Waals surface area contributed by atoms with Crippen LogP contribution in [0.1, 0.15) is 75.7 Å². The van der Waals surface area contributed by atoms with E-state index in [2.05, 4.69) is 91.8 Å². The van der Waals surface area contributed by atoms with Crippen molar-refractivity contribution in [3.63, 3.8) is 0 Å². The van der Waals surface area contributed by atoms with Gasteiger partial charge in [-0.25, -0.2) is 0 Å². The van der Waals surface area contributed by atoms with Crippen molar-refractivity contribution >= 4 is 22.6 Å². The first-order valence-electron chi connectivity index (χ1n) is 8.77. The Labute approximate surface area is 148 Å². The molecule has 0 aromatic heterocycles. The summed E-state index contributed by atoms with van der Waals surface area (Å²) in [4.78, 5) is 0. The minimum atomic E-state index is 0.398. The van der Waals surface area contributed by atoms with Gasteiger partial charge >= 0.3 is 0 Å². The molecule has 126 valence electrons. The molecule has 0 bridgehead atoms. The zero-order chi connectivity index (χ0) is 16.8. The summed E-state index contributed by atoms with van der Waals surface area (Å²) in [6, 6.07) is 0. The maximum atomic E-state index is 2.60. The highest BCUT2D eigenvalue weighted by atomic mass is 127. The lowest BCUT2D eigenvalue weighted by atomic mass is 9.58. The summed E-state index contributed by atoms with van der Waals surface area (Å²) in [5, 5.41) is 0. The number of hydrogen-bond donors (Lipinski definition) is 0. The maximum Gasteiger partial charge on any atom is 0.00238 e. The molecular formula is C20H39I. The van der Waals surface area contributed by atoms with E-state index in [1.54, 1.807) is 0 Å². The molecule has 1 aliphatic carbocycles. The fourth-order valence-electron chi connectivity index (χ4n) is 5.02. The lowest BCUT2D eigenvalue weighted by Crippen LogP contribution is -2.41. The molecule has 0 spiro atoms. The normalized spacial score (nSPS) is 33.3. The van der Waals surface area contributed by atoms with Gasteiger partial charge in [0.1, 0.15) is 0 Å². The van der Waals surface area contributed by atoms with Crippen molar-refractivity contribution in [2.75, 3.05) is 4.43 Å². The predicted molar refractivity (Wildman–Crippen MR) is 105 cm³/mol. The molecule has 0 radical (unpaired) electrons. The van der Waals surface area contributed by atoms with E-state index in [0.717, 1.165) is 29.6 Å². The molecule has 0 aromatic carbocycles. The Morgan fingerprint density at radius 1 is 0.810 bits per heavy atom. The van der Waals surface area contributed by atoms with Crippen LogP contribution in [0.3, 0.4) is 0 Å². The third kappa shape index (κ3) is 4.38. The highest BCUT2D eigenvalue weighted by Gasteiger charge is 2.55. The number of rotatable bonds is 2. The molecule has 1 fully saturated rings. The van der Waals surface area contributed by atoms with E-state index in [0.29, 0.717) is 16.2 Å². The minimum absolute atomic E-state index is 0.398. The Bertz CT molecular complexity index is 336. The van der Waals surface area contributed by atoms with E-state index < -0.39 is 0 Å². The van der Waals surface area contributed by atoms with E-state index >= 15 is 0 Å². The van der Waals surface area contributed by atoms with Crippen LogP contribution in [0.2, 0.25) is 0 Å². The average Bonchev–Trinajstić information content (AvgIpc) is 2.66. The molecule has 0 N–H and O–H groups in total. The SMILES string of the molecule is CC(CI)C1CC(C(C)(C)C)C(C(C)(C)C)C1C(C)(C)C. The molecule has 5 atom stereocenters. The summed E-state index contributed by atoms with van der Waals surface area (Å²) in [7, 11) is 0. The van der Waals surface area contributed by atoms with Gasteiger partial charge in [0.15, 0.2) is 0 Å². The van der Waals surface area contributed by atoms with Crippen LogP contribution < -0.4 is 0 Å². The Balaban J connectivity index is 3.34. The lowest BCUT2D eigenvalue weighted by Gasteiger charge is -2.47. The van der Waals surface area contributed by atoms with Gasteiger partial charge < -0.3 is 0 Å². The van der Waals surface area contributed by atoms with E-state index in [1.165, 1.54) is 10.8 Å². The third-order valence-electron chi connectivity index (χ3n) is 5.89. The van der Waals surface area contributed by atoms with Gasteiger partial charge in [-0.05, 0) is 52.3 Å². The Hall–Kier alpha value is 0.730. The zero-order valence-corrected chi connectivity index (χ0v) is 18.3. The molecule has 0 nitrogen and oxygen atoms in total. The summed E-state index contributed by atoms with van der Waals surface area (Å²) >= 11 is 2.60. The molecule has 1 saturated carbocycles. The van der Waals surface area contributed by atoms with Crippen LogP contribution in [-0.2, 0) is 0 Å². The largest absolute Gasteiger partial charge is 0.0861 e. The fourth-order valence-corrected chi connectivity index (χ4v) is 5.67. The molecular weight excluding hydrogens is 367 g/mol. The van der Waals surface area contributed by atoms with Gasteiger partial charge in [-0.3, -0.25) is 0 Å². The summed E-state index contributed by atoms with van der Waals surface area (Å²) in [5.74, 6) is 4.24. The first-order valence-corrected chi connectivity index (χ1v) is 10.3. The van der Waals surface area contributed by atoms with Gasteiger partial charge in [0, 0.05) is 4.43 Å². The molecule has 1 rings (SSSR count). The second kappa shape index (κ2) is 6.32. The van der Waals surface area contributed by atoms with Gasteiger partial charge in [-0.2, -0.15) is 0 Å². The Kier molecular flexibility index (Phi) is 5.95. The molecule has 21 heavy (non-hydrogen) atoms. The molecule has 0 amide bonds. The molecule has 0 aromatic rings. The van der Waals surface area contributed by atoms with Crippen LogP contribution in [0.15, 0.2) is 0 Å².